The zero-order valence-corrected chi connectivity index (χ0v) is 20.9. The Morgan fingerprint density at radius 2 is 1.64 bits per heavy atom. The van der Waals surface area contributed by atoms with Gasteiger partial charge in [-0.05, 0) is 41.3 Å². The highest BCUT2D eigenvalue weighted by Gasteiger charge is 2.41. The van der Waals surface area contributed by atoms with Crippen LogP contribution in [0.25, 0.3) is 0 Å². The van der Waals surface area contributed by atoms with Crippen molar-refractivity contribution in [2.24, 2.45) is 0 Å². The number of amides is 3. The molecule has 1 N–H and O–H groups in total. The molecule has 0 aromatic heterocycles. The first-order valence-electron chi connectivity index (χ1n) is 12.7. The van der Waals surface area contributed by atoms with Gasteiger partial charge in [0.2, 0.25) is 5.91 Å². The summed E-state index contributed by atoms with van der Waals surface area (Å²) in [6.45, 7) is -0.311. The van der Waals surface area contributed by atoms with Gasteiger partial charge in [0.15, 0.2) is 0 Å². The third-order valence-corrected chi connectivity index (χ3v) is 7.09. The number of rotatable bonds is 5. The first kappa shape index (κ1) is 26.5. The number of alkyl halides is 3. The summed E-state index contributed by atoms with van der Waals surface area (Å²) < 4.78 is 55.2. The molecule has 5 rings (SSSR count). The lowest BCUT2D eigenvalue weighted by Crippen LogP contribution is -2.49. The average Bonchev–Trinajstić information content (AvgIpc) is 3.68. The molecule has 1 heterocycles. The molecule has 9 heteroatoms. The summed E-state index contributed by atoms with van der Waals surface area (Å²) in [7, 11) is 0. The quantitative estimate of drug-likeness (QED) is 0.318. The predicted molar refractivity (Wildman–Crippen MR) is 138 cm³/mol. The molecule has 3 amide bonds. The van der Waals surface area contributed by atoms with Crippen molar-refractivity contribution in [1.82, 2.24) is 15.1 Å². The van der Waals surface area contributed by atoms with Crippen molar-refractivity contribution in [3.05, 3.63) is 119 Å². The first-order chi connectivity index (χ1) is 18.7. The Kier molecular flexibility index (Phi) is 7.41. The second-order valence-corrected chi connectivity index (χ2v) is 9.80. The lowest BCUT2D eigenvalue weighted by atomic mass is 9.96. The molecular weight excluding hydrogens is 510 g/mol. The lowest BCUT2D eigenvalue weighted by molar-refractivity contribution is -0.141. The molecule has 0 bridgehead atoms. The highest BCUT2D eigenvalue weighted by atomic mass is 19.4. The normalized spacial score (nSPS) is 22.2. The second kappa shape index (κ2) is 10.9. The first-order valence-corrected chi connectivity index (χ1v) is 12.7. The van der Waals surface area contributed by atoms with Crippen molar-refractivity contribution < 1.29 is 27.2 Å². The minimum atomic E-state index is -4.62. The number of benzene rings is 3. The van der Waals surface area contributed by atoms with E-state index in [1.165, 1.54) is 58.3 Å². The van der Waals surface area contributed by atoms with Crippen LogP contribution in [-0.2, 0) is 17.5 Å². The van der Waals surface area contributed by atoms with Crippen LogP contribution >= 0.6 is 0 Å². The monoisotopic (exact) mass is 537 g/mol. The Balaban J connectivity index is 1.40. The van der Waals surface area contributed by atoms with Crippen LogP contribution in [0.15, 0.2) is 91.0 Å². The molecule has 0 radical (unpaired) electrons. The van der Waals surface area contributed by atoms with E-state index in [2.05, 4.69) is 5.32 Å². The van der Waals surface area contributed by atoms with Crippen molar-refractivity contribution >= 4 is 11.9 Å². The predicted octanol–water partition coefficient (Wildman–Crippen LogP) is 6.05. The minimum absolute atomic E-state index is 0.0499. The van der Waals surface area contributed by atoms with Crippen LogP contribution in [0, 0.1) is 5.82 Å². The number of urea groups is 1. The van der Waals surface area contributed by atoms with Gasteiger partial charge in [0.05, 0.1) is 11.6 Å². The number of carbonyl (C=O) groups excluding carboxylic acids is 2. The largest absolute Gasteiger partial charge is 0.416 e. The van der Waals surface area contributed by atoms with E-state index in [-0.39, 0.29) is 37.2 Å². The summed E-state index contributed by atoms with van der Waals surface area (Å²) in [5.41, 5.74) is 0.765. The van der Waals surface area contributed by atoms with Gasteiger partial charge >= 0.3 is 12.2 Å². The molecule has 3 atom stereocenters. The number of hydrogen-bond donors (Lipinski definition) is 1. The highest BCUT2D eigenvalue weighted by molar-refractivity contribution is 5.85. The van der Waals surface area contributed by atoms with Crippen molar-refractivity contribution in [2.45, 2.75) is 37.1 Å². The van der Waals surface area contributed by atoms with Gasteiger partial charge in [-0.15, -0.1) is 0 Å². The van der Waals surface area contributed by atoms with Crippen LogP contribution in [0.5, 0.6) is 0 Å². The van der Waals surface area contributed by atoms with Gasteiger partial charge in [0.1, 0.15) is 12.4 Å². The van der Waals surface area contributed by atoms with Gasteiger partial charge in [-0.2, -0.15) is 13.2 Å². The van der Waals surface area contributed by atoms with Crippen LogP contribution < -0.4 is 5.32 Å². The zero-order chi connectivity index (χ0) is 27.6. The van der Waals surface area contributed by atoms with E-state index >= 15 is 0 Å². The summed E-state index contributed by atoms with van der Waals surface area (Å²) in [5, 5.41) is 2.98. The maximum atomic E-state index is 13.9. The van der Waals surface area contributed by atoms with Crippen molar-refractivity contribution in [2.75, 3.05) is 13.1 Å². The maximum Gasteiger partial charge on any atom is 0.416 e. The summed E-state index contributed by atoms with van der Waals surface area (Å²) in [4.78, 5) is 29.3. The third-order valence-electron chi connectivity index (χ3n) is 7.09. The molecule has 0 saturated heterocycles. The molecule has 1 fully saturated rings. The molecular formula is C30H27F4N3O2. The standard InChI is InChI=1S/C30H27F4N3O2/c31-22-14-12-20(13-15-22)18-37-27(23-9-4-5-10-25(23)30(32,33)34)11-6-16-36(19-28(37)38)29(39)35-26-17-24(26)21-7-2-1-3-8-21/h1-15,24,26-27H,16-19H2,(H,35,39)/b11-6-/t24-,26?,27?/m1/s1. The minimum Gasteiger partial charge on any atom is -0.335 e. The Morgan fingerprint density at radius 3 is 2.36 bits per heavy atom. The molecule has 0 spiro atoms. The molecule has 2 unspecified atom stereocenters. The van der Waals surface area contributed by atoms with Crippen LogP contribution in [0.3, 0.4) is 0 Å². The molecule has 39 heavy (non-hydrogen) atoms. The fourth-order valence-corrected chi connectivity index (χ4v) is 4.98. The number of carbonyl (C=O) groups is 2. The van der Waals surface area contributed by atoms with Crippen molar-refractivity contribution in [3.8, 4) is 0 Å². The van der Waals surface area contributed by atoms with Crippen LogP contribution in [0.2, 0.25) is 0 Å². The second-order valence-electron chi connectivity index (χ2n) is 9.80. The van der Waals surface area contributed by atoms with Crippen molar-refractivity contribution in [3.63, 3.8) is 0 Å². The van der Waals surface area contributed by atoms with Gasteiger partial charge < -0.3 is 15.1 Å². The maximum absolute atomic E-state index is 13.9. The Morgan fingerprint density at radius 1 is 0.949 bits per heavy atom. The van der Waals surface area contributed by atoms with Gasteiger partial charge in [-0.3, -0.25) is 4.79 Å². The topological polar surface area (TPSA) is 52.7 Å². The van der Waals surface area contributed by atoms with Crippen LogP contribution in [-0.4, -0.2) is 40.9 Å². The van der Waals surface area contributed by atoms with E-state index in [0.29, 0.717) is 5.56 Å². The fraction of sp³-hybridized carbons (Fsp3) is 0.267. The smallest absolute Gasteiger partial charge is 0.335 e. The Bertz CT molecular complexity index is 1360. The SMILES string of the molecule is O=C(NC1C[C@@H]1c1ccccc1)N1C/C=C\C(c2ccccc2C(F)(F)F)N(Cc2ccc(F)cc2)C(=O)C1. The Labute approximate surface area is 223 Å². The molecule has 5 nitrogen and oxygen atoms in total. The Hall–Kier alpha value is -4.14. The lowest BCUT2D eigenvalue weighted by Gasteiger charge is -2.35. The van der Waals surface area contributed by atoms with Gasteiger partial charge in [-0.1, -0.05) is 72.8 Å². The van der Waals surface area contributed by atoms with E-state index in [1.54, 1.807) is 6.08 Å². The third kappa shape index (κ3) is 6.13. The number of nitrogens with one attached hydrogen (secondary N) is 1. The number of nitrogens with zero attached hydrogens (tertiary/aromatic N) is 2. The van der Waals surface area contributed by atoms with E-state index < -0.39 is 35.5 Å². The fourth-order valence-electron chi connectivity index (χ4n) is 4.98. The van der Waals surface area contributed by atoms with Gasteiger partial charge in [-0.25, -0.2) is 9.18 Å². The van der Waals surface area contributed by atoms with Crippen molar-refractivity contribution in [1.29, 1.82) is 0 Å². The summed E-state index contributed by atoms with van der Waals surface area (Å²) in [6.07, 6.45) is -0.693. The molecule has 3 aromatic carbocycles. The van der Waals surface area contributed by atoms with Crippen LogP contribution in [0.1, 0.15) is 40.6 Å². The molecule has 1 aliphatic carbocycles. The van der Waals surface area contributed by atoms with E-state index in [4.69, 9.17) is 0 Å². The van der Waals surface area contributed by atoms with E-state index in [0.717, 1.165) is 18.1 Å². The number of hydrogen-bond acceptors (Lipinski definition) is 2. The van der Waals surface area contributed by atoms with Crippen LogP contribution in [0.4, 0.5) is 22.4 Å². The molecule has 202 valence electrons. The average molecular weight is 538 g/mol. The van der Waals surface area contributed by atoms with E-state index in [9.17, 15) is 27.2 Å². The zero-order valence-electron chi connectivity index (χ0n) is 20.9. The van der Waals surface area contributed by atoms with E-state index in [1.807, 2.05) is 30.3 Å². The highest BCUT2D eigenvalue weighted by Crippen LogP contribution is 2.41. The molecule has 2 aliphatic rings. The number of halogens is 4. The molecule has 3 aromatic rings. The van der Waals surface area contributed by atoms with Gasteiger partial charge in [0.25, 0.3) is 0 Å². The molecule has 1 saturated carbocycles. The molecule has 1 aliphatic heterocycles. The summed E-state index contributed by atoms with van der Waals surface area (Å²) >= 11 is 0. The summed E-state index contributed by atoms with van der Waals surface area (Å²) in [5.74, 6) is -0.779. The summed E-state index contributed by atoms with van der Waals surface area (Å²) in [6, 6.07) is 18.9. The van der Waals surface area contributed by atoms with Gasteiger partial charge in [0, 0.05) is 25.0 Å².